The first-order valence-corrected chi connectivity index (χ1v) is 2.66. The molecular weight excluding hydrogens is 141 g/mol. The van der Waals surface area contributed by atoms with E-state index in [2.05, 4.69) is 0 Å². The number of ketones is 1. The first-order chi connectivity index (χ1) is 4.57. The van der Waals surface area contributed by atoms with Crippen LogP contribution in [-0.2, 0) is 9.59 Å². The molecule has 4 nitrogen and oxygen atoms in total. The minimum absolute atomic E-state index is 0.312. The van der Waals surface area contributed by atoms with Crippen molar-refractivity contribution in [3.8, 4) is 0 Å². The van der Waals surface area contributed by atoms with Gasteiger partial charge in [0.2, 0.25) is 6.17 Å². The number of aliphatic carboxylic acids is 1. The van der Waals surface area contributed by atoms with Crippen LogP contribution in [0.2, 0.25) is 0 Å². The predicted octanol–water partition coefficient (Wildman–Crippen LogP) is -0.673. The van der Waals surface area contributed by atoms with Crippen molar-refractivity contribution in [2.24, 2.45) is 5.73 Å². The second kappa shape index (κ2) is 3.94. The maximum atomic E-state index is 12.1. The molecule has 5 heteroatoms. The molecule has 0 aromatic carbocycles. The zero-order valence-electron chi connectivity index (χ0n) is 5.21. The van der Waals surface area contributed by atoms with E-state index in [0.29, 0.717) is 0 Å². The molecule has 58 valence electrons. The lowest BCUT2D eigenvalue weighted by Gasteiger charge is -1.98. The third-order valence-corrected chi connectivity index (χ3v) is 0.903. The van der Waals surface area contributed by atoms with Crippen molar-refractivity contribution in [2.75, 3.05) is 6.54 Å². The first-order valence-electron chi connectivity index (χ1n) is 2.66. The Morgan fingerprint density at radius 3 is 2.40 bits per heavy atom. The molecule has 0 aliphatic heterocycles. The molecule has 0 aromatic rings. The maximum absolute atomic E-state index is 12.1. The summed E-state index contributed by atoms with van der Waals surface area (Å²) in [5.41, 5.74) is 4.81. The van der Waals surface area contributed by atoms with Crippen LogP contribution in [0.3, 0.4) is 0 Å². The molecule has 0 bridgehead atoms. The zero-order valence-corrected chi connectivity index (χ0v) is 5.21. The summed E-state index contributed by atoms with van der Waals surface area (Å²) in [6, 6.07) is 0. The summed E-state index contributed by atoms with van der Waals surface area (Å²) in [5.74, 6) is -2.21. The minimum Gasteiger partial charge on any atom is -0.479 e. The number of halogens is 1. The summed E-state index contributed by atoms with van der Waals surface area (Å²) in [5, 5.41) is 7.96. The van der Waals surface area contributed by atoms with Crippen molar-refractivity contribution in [3.05, 3.63) is 0 Å². The highest BCUT2D eigenvalue weighted by Gasteiger charge is 2.18. The Kier molecular flexibility index (Phi) is 3.56. The highest BCUT2D eigenvalue weighted by atomic mass is 19.1. The largest absolute Gasteiger partial charge is 0.479 e. The molecule has 0 heterocycles. The number of rotatable bonds is 4. The van der Waals surface area contributed by atoms with Crippen LogP contribution in [0.5, 0.6) is 0 Å². The van der Waals surface area contributed by atoms with Crippen LogP contribution < -0.4 is 5.73 Å². The second-order valence-corrected chi connectivity index (χ2v) is 1.75. The van der Waals surface area contributed by atoms with Gasteiger partial charge in [0.1, 0.15) is 5.78 Å². The van der Waals surface area contributed by atoms with Gasteiger partial charge in [-0.25, -0.2) is 9.18 Å². The number of carbonyl (C=O) groups excluding carboxylic acids is 1. The topological polar surface area (TPSA) is 80.4 Å². The fraction of sp³-hybridized carbons (Fsp3) is 0.600. The van der Waals surface area contributed by atoms with E-state index in [-0.39, 0.29) is 6.54 Å². The predicted molar refractivity (Wildman–Crippen MR) is 31.2 cm³/mol. The molecule has 0 amide bonds. The van der Waals surface area contributed by atoms with Gasteiger partial charge < -0.3 is 10.8 Å². The van der Waals surface area contributed by atoms with Crippen LogP contribution in [-0.4, -0.2) is 29.6 Å². The number of carbonyl (C=O) groups is 2. The molecule has 0 saturated carbocycles. The molecule has 1 atom stereocenters. The van der Waals surface area contributed by atoms with Crippen LogP contribution in [0.1, 0.15) is 6.42 Å². The standard InChI is InChI=1S/C5H8FNO3/c6-4(5(9)10)1-3(8)2-7/h4H,1-2,7H2,(H,9,10). The van der Waals surface area contributed by atoms with Gasteiger partial charge in [0, 0.05) is 6.42 Å². The number of carboxylic acid groups (broad SMARTS) is 1. The quantitative estimate of drug-likeness (QED) is 0.555. The fourth-order valence-corrected chi connectivity index (χ4v) is 0.371. The third-order valence-electron chi connectivity index (χ3n) is 0.903. The Morgan fingerprint density at radius 1 is 1.60 bits per heavy atom. The summed E-state index contributed by atoms with van der Waals surface area (Å²) in [7, 11) is 0. The van der Waals surface area contributed by atoms with Crippen molar-refractivity contribution < 1.29 is 19.1 Å². The molecule has 0 aliphatic rings. The number of Topliss-reactive ketones (excluding diaryl/α,β-unsaturated/α-hetero) is 1. The molecule has 0 saturated heterocycles. The average molecular weight is 149 g/mol. The van der Waals surface area contributed by atoms with Crippen LogP contribution in [0.4, 0.5) is 4.39 Å². The average Bonchev–Trinajstić information content (AvgIpc) is 1.87. The third kappa shape index (κ3) is 3.13. The van der Waals surface area contributed by atoms with Crippen molar-refractivity contribution >= 4 is 11.8 Å². The summed E-state index contributed by atoms with van der Waals surface area (Å²) in [6.07, 6.45) is -2.75. The van der Waals surface area contributed by atoms with Crippen molar-refractivity contribution in [1.29, 1.82) is 0 Å². The molecular formula is C5H8FNO3. The van der Waals surface area contributed by atoms with Crippen LogP contribution in [0.15, 0.2) is 0 Å². The molecule has 0 spiro atoms. The highest BCUT2D eigenvalue weighted by molar-refractivity contribution is 5.86. The van der Waals surface area contributed by atoms with Gasteiger partial charge in [0.15, 0.2) is 0 Å². The fourth-order valence-electron chi connectivity index (χ4n) is 0.371. The SMILES string of the molecule is NCC(=O)CC(F)C(=O)O. The van der Waals surface area contributed by atoms with E-state index in [1.54, 1.807) is 0 Å². The monoisotopic (exact) mass is 149 g/mol. The second-order valence-electron chi connectivity index (χ2n) is 1.75. The van der Waals surface area contributed by atoms with E-state index < -0.39 is 24.3 Å². The van der Waals surface area contributed by atoms with Gasteiger partial charge in [-0.15, -0.1) is 0 Å². The molecule has 0 rings (SSSR count). The van der Waals surface area contributed by atoms with Gasteiger partial charge in [-0.1, -0.05) is 0 Å². The van der Waals surface area contributed by atoms with Gasteiger partial charge in [-0.05, 0) is 0 Å². The Hall–Kier alpha value is -0.970. The van der Waals surface area contributed by atoms with Gasteiger partial charge >= 0.3 is 5.97 Å². The smallest absolute Gasteiger partial charge is 0.338 e. The Morgan fingerprint density at radius 2 is 2.10 bits per heavy atom. The number of alkyl halides is 1. The van der Waals surface area contributed by atoms with Gasteiger partial charge in [-0.3, -0.25) is 4.79 Å². The molecule has 0 aromatic heterocycles. The van der Waals surface area contributed by atoms with Crippen LogP contribution in [0, 0.1) is 0 Å². The summed E-state index contributed by atoms with van der Waals surface area (Å²) in [4.78, 5) is 20.1. The summed E-state index contributed by atoms with van der Waals surface area (Å²) >= 11 is 0. The normalized spacial score (nSPS) is 12.6. The lowest BCUT2D eigenvalue weighted by molar-refractivity contribution is -0.144. The van der Waals surface area contributed by atoms with Gasteiger partial charge in [0.05, 0.1) is 6.54 Å². The van der Waals surface area contributed by atoms with E-state index in [1.807, 2.05) is 0 Å². The zero-order chi connectivity index (χ0) is 8.15. The molecule has 0 aliphatic carbocycles. The molecule has 10 heavy (non-hydrogen) atoms. The number of hydrogen-bond acceptors (Lipinski definition) is 3. The maximum Gasteiger partial charge on any atom is 0.338 e. The van der Waals surface area contributed by atoms with E-state index in [1.165, 1.54) is 0 Å². The molecule has 0 fully saturated rings. The van der Waals surface area contributed by atoms with Crippen molar-refractivity contribution in [3.63, 3.8) is 0 Å². The lowest BCUT2D eigenvalue weighted by Crippen LogP contribution is -2.23. The number of nitrogens with two attached hydrogens (primary N) is 1. The number of hydrogen-bond donors (Lipinski definition) is 2. The highest BCUT2D eigenvalue weighted by Crippen LogP contribution is 1.97. The van der Waals surface area contributed by atoms with E-state index in [4.69, 9.17) is 10.8 Å². The number of carboxylic acids is 1. The first kappa shape index (κ1) is 9.03. The lowest BCUT2D eigenvalue weighted by atomic mass is 10.2. The Bertz CT molecular complexity index is 148. The molecule has 0 radical (unpaired) electrons. The van der Waals surface area contributed by atoms with E-state index >= 15 is 0 Å². The Labute approximate surface area is 56.8 Å². The van der Waals surface area contributed by atoms with Crippen molar-refractivity contribution in [1.82, 2.24) is 0 Å². The van der Waals surface area contributed by atoms with Crippen LogP contribution in [0.25, 0.3) is 0 Å². The van der Waals surface area contributed by atoms with E-state index in [0.717, 1.165) is 0 Å². The van der Waals surface area contributed by atoms with Gasteiger partial charge in [-0.2, -0.15) is 0 Å². The van der Waals surface area contributed by atoms with Crippen molar-refractivity contribution in [2.45, 2.75) is 12.6 Å². The van der Waals surface area contributed by atoms with Gasteiger partial charge in [0.25, 0.3) is 0 Å². The van der Waals surface area contributed by atoms with Crippen LogP contribution >= 0.6 is 0 Å². The van der Waals surface area contributed by atoms with E-state index in [9.17, 15) is 14.0 Å². The summed E-state index contributed by atoms with van der Waals surface area (Å²) < 4.78 is 12.1. The molecule has 1 unspecified atom stereocenters. The Balaban J connectivity index is 3.68. The summed E-state index contributed by atoms with van der Waals surface area (Å²) in [6.45, 7) is -0.312. The minimum atomic E-state index is -2.11. The molecule has 3 N–H and O–H groups in total.